The van der Waals surface area contributed by atoms with Crippen molar-refractivity contribution >= 4 is 6.08 Å². The standard InChI is InChI=1S/C10H12O/c1-3-5-9-8(2)6-4-7-10(9)11/h3-7,11H,1-2H3/b5-3+. The number of hydrogen-bond acceptors (Lipinski definition) is 1. The average Bonchev–Trinajstić information content (AvgIpc) is 1.97. The zero-order valence-corrected chi connectivity index (χ0v) is 6.83. The van der Waals surface area contributed by atoms with Gasteiger partial charge in [0.2, 0.25) is 0 Å². The fraction of sp³-hybridized carbons (Fsp3) is 0.200. The molecule has 0 aromatic heterocycles. The van der Waals surface area contributed by atoms with Gasteiger partial charge in [0.05, 0.1) is 0 Å². The summed E-state index contributed by atoms with van der Waals surface area (Å²) >= 11 is 0. The molecule has 0 aliphatic carbocycles. The molecule has 0 saturated heterocycles. The van der Waals surface area contributed by atoms with Gasteiger partial charge in [-0.1, -0.05) is 24.3 Å². The Labute approximate surface area is 67.0 Å². The zero-order chi connectivity index (χ0) is 8.27. The lowest BCUT2D eigenvalue weighted by Gasteiger charge is -2.01. The van der Waals surface area contributed by atoms with Gasteiger partial charge in [-0.3, -0.25) is 0 Å². The van der Waals surface area contributed by atoms with Crippen LogP contribution < -0.4 is 0 Å². The van der Waals surface area contributed by atoms with Crippen LogP contribution in [0.1, 0.15) is 18.1 Å². The van der Waals surface area contributed by atoms with Crippen LogP contribution in [0, 0.1) is 6.92 Å². The van der Waals surface area contributed by atoms with Gasteiger partial charge in [0.15, 0.2) is 0 Å². The van der Waals surface area contributed by atoms with Gasteiger partial charge < -0.3 is 5.11 Å². The normalized spacial score (nSPS) is 10.7. The van der Waals surface area contributed by atoms with E-state index < -0.39 is 0 Å². The topological polar surface area (TPSA) is 20.2 Å². The lowest BCUT2D eigenvalue weighted by Crippen LogP contribution is -1.79. The highest BCUT2D eigenvalue weighted by Gasteiger charge is 1.97. The van der Waals surface area contributed by atoms with Crippen LogP contribution in [0.2, 0.25) is 0 Å². The smallest absolute Gasteiger partial charge is 0.123 e. The summed E-state index contributed by atoms with van der Waals surface area (Å²) in [5.41, 5.74) is 2.01. The maximum Gasteiger partial charge on any atom is 0.123 e. The van der Waals surface area contributed by atoms with Crippen molar-refractivity contribution in [3.8, 4) is 5.75 Å². The van der Waals surface area contributed by atoms with Gasteiger partial charge in [0.25, 0.3) is 0 Å². The van der Waals surface area contributed by atoms with Gasteiger partial charge in [-0.25, -0.2) is 0 Å². The van der Waals surface area contributed by atoms with Crippen LogP contribution in [0.3, 0.4) is 0 Å². The van der Waals surface area contributed by atoms with Crippen LogP contribution >= 0.6 is 0 Å². The predicted molar refractivity (Wildman–Crippen MR) is 47.6 cm³/mol. The molecule has 0 aliphatic heterocycles. The number of benzene rings is 1. The minimum Gasteiger partial charge on any atom is -0.507 e. The lowest BCUT2D eigenvalue weighted by atomic mass is 10.1. The monoisotopic (exact) mass is 148 g/mol. The summed E-state index contributed by atoms with van der Waals surface area (Å²) in [6.45, 7) is 3.92. The van der Waals surface area contributed by atoms with Crippen molar-refractivity contribution in [1.82, 2.24) is 0 Å². The minimum absolute atomic E-state index is 0.350. The van der Waals surface area contributed by atoms with E-state index in [0.29, 0.717) is 5.75 Å². The summed E-state index contributed by atoms with van der Waals surface area (Å²) in [7, 11) is 0. The van der Waals surface area contributed by atoms with E-state index in [0.717, 1.165) is 11.1 Å². The van der Waals surface area contributed by atoms with Crippen LogP contribution in [-0.2, 0) is 0 Å². The summed E-state index contributed by atoms with van der Waals surface area (Å²) in [4.78, 5) is 0. The molecule has 1 heteroatoms. The van der Waals surface area contributed by atoms with Gasteiger partial charge in [-0.15, -0.1) is 0 Å². The number of aryl methyl sites for hydroxylation is 1. The molecule has 0 atom stereocenters. The molecule has 0 heterocycles. The molecule has 0 unspecified atom stereocenters. The van der Waals surface area contributed by atoms with Crippen molar-refractivity contribution in [2.24, 2.45) is 0 Å². The van der Waals surface area contributed by atoms with Crippen molar-refractivity contribution < 1.29 is 5.11 Å². The number of allylic oxidation sites excluding steroid dienone is 1. The molecule has 0 bridgehead atoms. The van der Waals surface area contributed by atoms with Crippen LogP contribution in [0.15, 0.2) is 24.3 Å². The molecule has 1 nitrogen and oxygen atoms in total. The quantitative estimate of drug-likeness (QED) is 0.649. The first-order valence-corrected chi connectivity index (χ1v) is 3.67. The number of hydrogen-bond donors (Lipinski definition) is 1. The fourth-order valence-corrected chi connectivity index (χ4v) is 1.05. The first-order valence-electron chi connectivity index (χ1n) is 3.67. The molecule has 0 spiro atoms. The van der Waals surface area contributed by atoms with E-state index in [-0.39, 0.29) is 0 Å². The molecule has 1 aromatic carbocycles. The highest BCUT2D eigenvalue weighted by atomic mass is 16.3. The van der Waals surface area contributed by atoms with E-state index in [2.05, 4.69) is 0 Å². The molecule has 0 fully saturated rings. The van der Waals surface area contributed by atoms with Crippen molar-refractivity contribution in [2.45, 2.75) is 13.8 Å². The molecule has 1 N–H and O–H groups in total. The van der Waals surface area contributed by atoms with E-state index in [4.69, 9.17) is 0 Å². The Hall–Kier alpha value is -1.24. The van der Waals surface area contributed by atoms with Crippen molar-refractivity contribution in [3.05, 3.63) is 35.4 Å². The Morgan fingerprint density at radius 1 is 1.36 bits per heavy atom. The third-order valence-corrected chi connectivity index (χ3v) is 1.63. The Morgan fingerprint density at radius 3 is 2.64 bits per heavy atom. The molecular weight excluding hydrogens is 136 g/mol. The van der Waals surface area contributed by atoms with Crippen LogP contribution in [0.25, 0.3) is 6.08 Å². The van der Waals surface area contributed by atoms with Crippen LogP contribution in [-0.4, -0.2) is 5.11 Å². The molecule has 1 rings (SSSR count). The highest BCUT2D eigenvalue weighted by Crippen LogP contribution is 2.21. The van der Waals surface area contributed by atoms with Crippen LogP contribution in [0.5, 0.6) is 5.75 Å². The molecule has 11 heavy (non-hydrogen) atoms. The van der Waals surface area contributed by atoms with E-state index in [1.54, 1.807) is 6.07 Å². The Balaban J connectivity index is 3.20. The summed E-state index contributed by atoms with van der Waals surface area (Å²) in [5.74, 6) is 0.350. The summed E-state index contributed by atoms with van der Waals surface area (Å²) in [6.07, 6.45) is 3.83. The number of rotatable bonds is 1. The van der Waals surface area contributed by atoms with Crippen molar-refractivity contribution in [3.63, 3.8) is 0 Å². The van der Waals surface area contributed by atoms with Gasteiger partial charge >= 0.3 is 0 Å². The van der Waals surface area contributed by atoms with E-state index in [1.807, 2.05) is 38.1 Å². The first kappa shape index (κ1) is 7.86. The Morgan fingerprint density at radius 2 is 2.09 bits per heavy atom. The molecule has 58 valence electrons. The highest BCUT2D eigenvalue weighted by molar-refractivity contribution is 5.60. The summed E-state index contributed by atoms with van der Waals surface area (Å²) in [6, 6.07) is 5.52. The summed E-state index contributed by atoms with van der Waals surface area (Å²) in [5, 5.41) is 9.37. The van der Waals surface area contributed by atoms with Crippen molar-refractivity contribution in [1.29, 1.82) is 0 Å². The van der Waals surface area contributed by atoms with Gasteiger partial charge in [0.1, 0.15) is 5.75 Å². The molecule has 0 saturated carbocycles. The number of aromatic hydroxyl groups is 1. The third kappa shape index (κ3) is 1.61. The zero-order valence-electron chi connectivity index (χ0n) is 6.83. The molecule has 0 aliphatic rings. The maximum atomic E-state index is 9.37. The average molecular weight is 148 g/mol. The van der Waals surface area contributed by atoms with E-state index in [1.165, 1.54) is 0 Å². The second kappa shape index (κ2) is 3.24. The Kier molecular flexibility index (Phi) is 2.32. The second-order valence-electron chi connectivity index (χ2n) is 2.51. The van der Waals surface area contributed by atoms with E-state index in [9.17, 15) is 5.11 Å². The van der Waals surface area contributed by atoms with Gasteiger partial charge in [0, 0.05) is 5.56 Å². The minimum atomic E-state index is 0.350. The molecular formula is C10H12O. The molecule has 0 amide bonds. The predicted octanol–water partition coefficient (Wildman–Crippen LogP) is 2.73. The van der Waals surface area contributed by atoms with Crippen LogP contribution in [0.4, 0.5) is 0 Å². The molecule has 0 radical (unpaired) electrons. The van der Waals surface area contributed by atoms with Gasteiger partial charge in [-0.05, 0) is 25.5 Å². The number of phenols is 1. The largest absolute Gasteiger partial charge is 0.507 e. The molecule has 1 aromatic rings. The number of phenolic OH excluding ortho intramolecular Hbond substituents is 1. The Bertz CT molecular complexity index is 254. The fourth-order valence-electron chi connectivity index (χ4n) is 1.05. The third-order valence-electron chi connectivity index (χ3n) is 1.63. The van der Waals surface area contributed by atoms with Gasteiger partial charge in [-0.2, -0.15) is 0 Å². The van der Waals surface area contributed by atoms with Crippen molar-refractivity contribution in [2.75, 3.05) is 0 Å². The summed E-state index contributed by atoms with van der Waals surface area (Å²) < 4.78 is 0. The second-order valence-corrected chi connectivity index (χ2v) is 2.51. The SMILES string of the molecule is C/C=C/c1c(C)cccc1O. The maximum absolute atomic E-state index is 9.37. The lowest BCUT2D eigenvalue weighted by molar-refractivity contribution is 0.473. The van der Waals surface area contributed by atoms with E-state index >= 15 is 0 Å². The first-order chi connectivity index (χ1) is 5.25.